The third kappa shape index (κ3) is 5.83. The van der Waals surface area contributed by atoms with Gasteiger partial charge in [-0.25, -0.2) is 0 Å². The molecule has 1 rings (SSSR count). The monoisotopic (exact) mass is 295 g/mol. The minimum Gasteiger partial charge on any atom is -0.496 e. The number of ether oxygens (including phenoxy) is 3. The molecule has 6 nitrogen and oxygen atoms in total. The molecule has 116 valence electrons. The highest BCUT2D eigenvalue weighted by Crippen LogP contribution is 2.17. The number of carbonyl (C=O) groups excluding carboxylic acids is 2. The van der Waals surface area contributed by atoms with E-state index < -0.39 is 0 Å². The van der Waals surface area contributed by atoms with Crippen LogP contribution < -0.4 is 10.1 Å². The summed E-state index contributed by atoms with van der Waals surface area (Å²) in [6, 6.07) is 7.19. The van der Waals surface area contributed by atoms with Crippen molar-refractivity contribution in [3.63, 3.8) is 0 Å². The van der Waals surface area contributed by atoms with Crippen molar-refractivity contribution in [3.05, 3.63) is 29.8 Å². The Morgan fingerprint density at radius 2 is 1.62 bits per heavy atom. The SMILES string of the molecule is COC(=O)CC(CC(=O)OC)NCc1ccccc1OC. The third-order valence-electron chi connectivity index (χ3n) is 3.06. The van der Waals surface area contributed by atoms with Crippen LogP contribution in [-0.4, -0.2) is 39.3 Å². The number of rotatable bonds is 8. The first kappa shape index (κ1) is 17.0. The average Bonchev–Trinajstić information content (AvgIpc) is 2.52. The summed E-state index contributed by atoms with van der Waals surface area (Å²) in [5, 5.41) is 3.16. The number of carbonyl (C=O) groups is 2. The highest BCUT2D eigenvalue weighted by Gasteiger charge is 2.18. The van der Waals surface area contributed by atoms with Crippen molar-refractivity contribution in [2.75, 3.05) is 21.3 Å². The van der Waals surface area contributed by atoms with Crippen LogP contribution in [0.3, 0.4) is 0 Å². The highest BCUT2D eigenvalue weighted by molar-refractivity contribution is 5.73. The summed E-state index contributed by atoms with van der Waals surface area (Å²) in [6.07, 6.45) is 0.196. The molecule has 1 aromatic rings. The van der Waals surface area contributed by atoms with Crippen molar-refractivity contribution in [1.29, 1.82) is 0 Å². The number of nitrogens with one attached hydrogen (secondary N) is 1. The van der Waals surface area contributed by atoms with Crippen molar-refractivity contribution >= 4 is 11.9 Å². The molecule has 21 heavy (non-hydrogen) atoms. The number of para-hydroxylation sites is 1. The van der Waals surface area contributed by atoms with Crippen molar-refractivity contribution in [2.45, 2.75) is 25.4 Å². The molecule has 6 heteroatoms. The molecule has 0 radical (unpaired) electrons. The van der Waals surface area contributed by atoms with E-state index in [0.717, 1.165) is 11.3 Å². The van der Waals surface area contributed by atoms with E-state index in [1.807, 2.05) is 24.3 Å². The van der Waals surface area contributed by atoms with E-state index in [0.29, 0.717) is 6.54 Å². The quantitative estimate of drug-likeness (QED) is 0.728. The first-order chi connectivity index (χ1) is 10.1. The molecule has 0 aliphatic rings. The van der Waals surface area contributed by atoms with E-state index in [-0.39, 0.29) is 30.8 Å². The lowest BCUT2D eigenvalue weighted by molar-refractivity contribution is -0.143. The van der Waals surface area contributed by atoms with Gasteiger partial charge in [0.25, 0.3) is 0 Å². The fourth-order valence-corrected chi connectivity index (χ4v) is 1.89. The Hall–Kier alpha value is -2.08. The van der Waals surface area contributed by atoms with E-state index in [9.17, 15) is 9.59 Å². The molecule has 0 heterocycles. The molecule has 0 fully saturated rings. The predicted molar refractivity (Wildman–Crippen MR) is 76.9 cm³/mol. The second-order valence-corrected chi connectivity index (χ2v) is 4.45. The summed E-state index contributed by atoms with van der Waals surface area (Å²) in [5.74, 6) is -0.00672. The summed E-state index contributed by atoms with van der Waals surface area (Å²) in [4.78, 5) is 22.8. The molecule has 0 spiro atoms. The van der Waals surface area contributed by atoms with Crippen molar-refractivity contribution in [1.82, 2.24) is 5.32 Å². The molecule has 0 aliphatic carbocycles. The average molecular weight is 295 g/mol. The Labute approximate surface area is 124 Å². The Morgan fingerprint density at radius 3 is 2.14 bits per heavy atom. The van der Waals surface area contributed by atoms with Gasteiger partial charge in [0.15, 0.2) is 0 Å². The van der Waals surface area contributed by atoms with Crippen LogP contribution in [-0.2, 0) is 25.6 Å². The molecule has 0 saturated heterocycles. The molecule has 0 aliphatic heterocycles. The van der Waals surface area contributed by atoms with Crippen LogP contribution in [0.1, 0.15) is 18.4 Å². The number of esters is 2. The maximum absolute atomic E-state index is 11.4. The maximum atomic E-state index is 11.4. The van der Waals surface area contributed by atoms with Gasteiger partial charge in [0.05, 0.1) is 34.2 Å². The van der Waals surface area contributed by atoms with Crippen LogP contribution >= 0.6 is 0 Å². The van der Waals surface area contributed by atoms with Crippen molar-refractivity contribution in [2.24, 2.45) is 0 Å². The highest BCUT2D eigenvalue weighted by atomic mass is 16.5. The van der Waals surface area contributed by atoms with E-state index in [1.165, 1.54) is 14.2 Å². The molecule has 0 atom stereocenters. The summed E-state index contributed by atoms with van der Waals surface area (Å²) in [7, 11) is 4.23. The van der Waals surface area contributed by atoms with Gasteiger partial charge in [0.1, 0.15) is 5.75 Å². The molecule has 0 unspecified atom stereocenters. The van der Waals surface area contributed by atoms with E-state index in [1.54, 1.807) is 7.11 Å². The lowest BCUT2D eigenvalue weighted by atomic mass is 10.1. The Balaban J connectivity index is 2.67. The van der Waals surface area contributed by atoms with E-state index in [2.05, 4.69) is 14.8 Å². The van der Waals surface area contributed by atoms with E-state index in [4.69, 9.17) is 4.74 Å². The predicted octanol–water partition coefficient (Wildman–Crippen LogP) is 1.28. The zero-order chi connectivity index (χ0) is 15.7. The summed E-state index contributed by atoms with van der Waals surface area (Å²) in [5.41, 5.74) is 0.944. The second-order valence-electron chi connectivity index (χ2n) is 4.45. The molecule has 1 aromatic carbocycles. The molecule has 0 amide bonds. The van der Waals surface area contributed by atoms with Crippen LogP contribution in [0.15, 0.2) is 24.3 Å². The van der Waals surface area contributed by atoms with Crippen molar-refractivity contribution in [3.8, 4) is 5.75 Å². The van der Waals surface area contributed by atoms with Gasteiger partial charge < -0.3 is 19.5 Å². The Kier molecular flexibility index (Phi) is 7.25. The standard InChI is InChI=1S/C15H21NO5/c1-19-13-7-5-4-6-11(13)10-16-12(8-14(17)20-2)9-15(18)21-3/h4-7,12,16H,8-10H2,1-3H3. The lowest BCUT2D eigenvalue weighted by Gasteiger charge is -2.17. The van der Waals surface area contributed by atoms with Gasteiger partial charge in [-0.05, 0) is 6.07 Å². The first-order valence-electron chi connectivity index (χ1n) is 6.59. The summed E-state index contributed by atoms with van der Waals surface area (Å²) < 4.78 is 14.5. The van der Waals surface area contributed by atoms with Crippen LogP contribution in [0.2, 0.25) is 0 Å². The number of benzene rings is 1. The largest absolute Gasteiger partial charge is 0.496 e. The van der Waals surface area contributed by atoms with Gasteiger partial charge in [0.2, 0.25) is 0 Å². The third-order valence-corrected chi connectivity index (χ3v) is 3.06. The number of hydrogen-bond donors (Lipinski definition) is 1. The maximum Gasteiger partial charge on any atom is 0.307 e. The van der Waals surface area contributed by atoms with Gasteiger partial charge in [0, 0.05) is 18.2 Å². The summed E-state index contributed by atoms with van der Waals surface area (Å²) >= 11 is 0. The van der Waals surface area contributed by atoms with Gasteiger partial charge >= 0.3 is 11.9 Å². The molecular weight excluding hydrogens is 274 g/mol. The van der Waals surface area contributed by atoms with Crippen molar-refractivity contribution < 1.29 is 23.8 Å². The van der Waals surface area contributed by atoms with Gasteiger partial charge in [-0.15, -0.1) is 0 Å². The van der Waals surface area contributed by atoms with Gasteiger partial charge in [-0.1, -0.05) is 18.2 Å². The van der Waals surface area contributed by atoms with Gasteiger partial charge in [-0.3, -0.25) is 9.59 Å². The van der Waals surface area contributed by atoms with Crippen LogP contribution in [0, 0.1) is 0 Å². The summed E-state index contributed by atoms with van der Waals surface area (Å²) in [6.45, 7) is 0.475. The first-order valence-corrected chi connectivity index (χ1v) is 6.59. The fraction of sp³-hybridized carbons (Fsp3) is 0.467. The Bertz CT molecular complexity index is 457. The minimum atomic E-state index is -0.378. The molecule has 0 aromatic heterocycles. The number of methoxy groups -OCH3 is 3. The fourth-order valence-electron chi connectivity index (χ4n) is 1.89. The van der Waals surface area contributed by atoms with Crippen LogP contribution in [0.25, 0.3) is 0 Å². The number of hydrogen-bond acceptors (Lipinski definition) is 6. The second kappa shape index (κ2) is 8.97. The zero-order valence-corrected chi connectivity index (χ0v) is 12.5. The molecule has 0 bridgehead atoms. The molecule has 1 N–H and O–H groups in total. The van der Waals surface area contributed by atoms with Crippen LogP contribution in [0.5, 0.6) is 5.75 Å². The smallest absolute Gasteiger partial charge is 0.307 e. The van der Waals surface area contributed by atoms with Gasteiger partial charge in [-0.2, -0.15) is 0 Å². The van der Waals surface area contributed by atoms with E-state index >= 15 is 0 Å². The topological polar surface area (TPSA) is 73.9 Å². The normalized spacial score (nSPS) is 10.3. The molecular formula is C15H21NO5. The Morgan fingerprint density at radius 1 is 1.05 bits per heavy atom. The van der Waals surface area contributed by atoms with Crippen LogP contribution in [0.4, 0.5) is 0 Å². The zero-order valence-electron chi connectivity index (χ0n) is 12.5. The minimum absolute atomic E-state index is 0.0980. The lowest BCUT2D eigenvalue weighted by Crippen LogP contribution is -2.34. The molecule has 0 saturated carbocycles.